The average molecular weight is 520 g/mol. The average Bonchev–Trinajstić information content (AvgIpc) is 3.58. The van der Waals surface area contributed by atoms with E-state index in [1.54, 1.807) is 43.5 Å². The maximum absolute atomic E-state index is 13.3. The van der Waals surface area contributed by atoms with Gasteiger partial charge in [0.2, 0.25) is 5.95 Å². The second-order valence-corrected chi connectivity index (χ2v) is 8.75. The first-order chi connectivity index (χ1) is 18.3. The van der Waals surface area contributed by atoms with E-state index in [9.17, 15) is 18.0 Å². The molecule has 0 amide bonds. The van der Waals surface area contributed by atoms with Crippen LogP contribution in [0.25, 0.3) is 23.0 Å². The summed E-state index contributed by atoms with van der Waals surface area (Å²) in [5.41, 5.74) is 4.15. The van der Waals surface area contributed by atoms with Crippen LogP contribution in [0.3, 0.4) is 0 Å². The molecule has 38 heavy (non-hydrogen) atoms. The Morgan fingerprint density at radius 1 is 1.13 bits per heavy atom. The van der Waals surface area contributed by atoms with E-state index in [1.807, 2.05) is 12.1 Å². The van der Waals surface area contributed by atoms with Gasteiger partial charge in [-0.3, -0.25) is 0 Å². The van der Waals surface area contributed by atoms with Crippen LogP contribution in [-0.2, 0) is 28.5 Å². The van der Waals surface area contributed by atoms with E-state index < -0.39 is 17.8 Å². The highest BCUT2D eigenvalue weighted by atomic mass is 19.4. The third-order valence-electron chi connectivity index (χ3n) is 6.12. The Morgan fingerprint density at radius 3 is 2.76 bits per heavy atom. The summed E-state index contributed by atoms with van der Waals surface area (Å²) >= 11 is 0. The van der Waals surface area contributed by atoms with Gasteiger partial charge in [0, 0.05) is 29.7 Å². The van der Waals surface area contributed by atoms with E-state index >= 15 is 0 Å². The van der Waals surface area contributed by atoms with Crippen LogP contribution >= 0.6 is 0 Å². The summed E-state index contributed by atoms with van der Waals surface area (Å²) in [6.07, 6.45) is 4.25. The second-order valence-electron chi connectivity index (χ2n) is 8.75. The van der Waals surface area contributed by atoms with Crippen molar-refractivity contribution >= 4 is 23.7 Å². The van der Waals surface area contributed by atoms with E-state index in [0.29, 0.717) is 16.7 Å². The van der Waals surface area contributed by atoms with Gasteiger partial charge in [0.05, 0.1) is 6.61 Å². The fraction of sp³-hybridized carbons (Fsp3) is 0.214. The Balaban J connectivity index is 1.53. The topological polar surface area (TPSA) is 81.9 Å². The molecular formula is C28H24F3N5O2. The van der Waals surface area contributed by atoms with Gasteiger partial charge in [0.1, 0.15) is 0 Å². The third-order valence-corrected chi connectivity index (χ3v) is 6.12. The third kappa shape index (κ3) is 5.59. The minimum Gasteiger partial charge on any atom is -0.463 e. The van der Waals surface area contributed by atoms with Gasteiger partial charge < -0.3 is 10.1 Å². The number of esters is 1. The molecule has 2 aromatic heterocycles. The zero-order valence-electron chi connectivity index (χ0n) is 20.5. The molecule has 1 N–H and O–H groups in total. The number of aromatic nitrogens is 4. The molecule has 0 aliphatic heterocycles. The normalized spacial score (nSPS) is 13.1. The highest BCUT2D eigenvalue weighted by Crippen LogP contribution is 2.31. The molecule has 0 saturated heterocycles. The lowest BCUT2D eigenvalue weighted by atomic mass is 10.0. The number of hydrogen-bond acceptors (Lipinski definition) is 6. The van der Waals surface area contributed by atoms with E-state index in [4.69, 9.17) is 4.74 Å². The van der Waals surface area contributed by atoms with Crippen molar-refractivity contribution in [2.75, 3.05) is 11.9 Å². The number of halogens is 3. The standard InChI is InChI=1S/C28H24F3N5O2/c1-2-38-25(37)12-9-18-5-3-8-21(15-18)23-17-32-27(33-22-11-10-19-6-4-7-20(19)16-22)34-26(23)36-14-13-24(35-36)28(29,30)31/h3,5,8-17H,2,4,6-7H2,1H3,(H,32,33,34)/b12-9+. The maximum atomic E-state index is 13.3. The molecule has 0 spiro atoms. The van der Waals surface area contributed by atoms with Crippen LogP contribution in [0.4, 0.5) is 24.8 Å². The summed E-state index contributed by atoms with van der Waals surface area (Å²) < 4.78 is 45.9. The number of carbonyl (C=O) groups excluding carboxylic acids is 1. The van der Waals surface area contributed by atoms with Gasteiger partial charge in [-0.05, 0) is 78.8 Å². The fourth-order valence-corrected chi connectivity index (χ4v) is 4.35. The predicted octanol–water partition coefficient (Wildman–Crippen LogP) is 6.16. The lowest BCUT2D eigenvalue weighted by Crippen LogP contribution is -2.10. The number of aryl methyl sites for hydroxylation is 2. The number of hydrogen-bond donors (Lipinski definition) is 1. The minimum atomic E-state index is -4.60. The van der Waals surface area contributed by atoms with Gasteiger partial charge in [0.15, 0.2) is 11.5 Å². The highest BCUT2D eigenvalue weighted by molar-refractivity contribution is 5.87. The van der Waals surface area contributed by atoms with Crippen molar-refractivity contribution in [2.45, 2.75) is 32.4 Å². The van der Waals surface area contributed by atoms with Crippen LogP contribution in [0.15, 0.2) is 67.0 Å². The summed E-state index contributed by atoms with van der Waals surface area (Å²) in [5.74, 6) is -0.0741. The molecule has 0 saturated carbocycles. The molecule has 0 radical (unpaired) electrons. The summed E-state index contributed by atoms with van der Waals surface area (Å²) in [5, 5.41) is 6.90. The summed E-state index contributed by atoms with van der Waals surface area (Å²) in [4.78, 5) is 20.7. The van der Waals surface area contributed by atoms with Gasteiger partial charge in [0.25, 0.3) is 0 Å². The zero-order chi connectivity index (χ0) is 26.7. The van der Waals surface area contributed by atoms with Crippen LogP contribution in [-0.4, -0.2) is 32.3 Å². The molecule has 0 bridgehead atoms. The fourth-order valence-electron chi connectivity index (χ4n) is 4.35. The summed E-state index contributed by atoms with van der Waals surface area (Å²) in [6.45, 7) is 1.98. The van der Waals surface area contributed by atoms with Gasteiger partial charge in [-0.25, -0.2) is 14.5 Å². The predicted molar refractivity (Wildman–Crippen MR) is 137 cm³/mol. The summed E-state index contributed by atoms with van der Waals surface area (Å²) in [6, 6.07) is 14.1. The molecule has 7 nitrogen and oxygen atoms in total. The van der Waals surface area contributed by atoms with Crippen molar-refractivity contribution in [1.82, 2.24) is 19.7 Å². The van der Waals surface area contributed by atoms with Crippen molar-refractivity contribution in [2.24, 2.45) is 0 Å². The first-order valence-corrected chi connectivity index (χ1v) is 12.1. The molecule has 5 rings (SSSR count). The zero-order valence-corrected chi connectivity index (χ0v) is 20.5. The van der Waals surface area contributed by atoms with Crippen molar-refractivity contribution < 1.29 is 22.7 Å². The van der Waals surface area contributed by atoms with Crippen molar-refractivity contribution in [1.29, 1.82) is 0 Å². The van der Waals surface area contributed by atoms with Gasteiger partial charge in [-0.2, -0.15) is 23.3 Å². The van der Waals surface area contributed by atoms with Crippen LogP contribution in [0, 0.1) is 0 Å². The largest absolute Gasteiger partial charge is 0.463 e. The Kier molecular flexibility index (Phi) is 6.95. The molecular weight excluding hydrogens is 495 g/mol. The first-order valence-electron chi connectivity index (χ1n) is 12.1. The lowest BCUT2D eigenvalue weighted by Gasteiger charge is -2.13. The molecule has 1 aliphatic carbocycles. The van der Waals surface area contributed by atoms with E-state index in [0.717, 1.165) is 35.7 Å². The molecule has 0 fully saturated rings. The van der Waals surface area contributed by atoms with Crippen molar-refractivity contribution in [3.63, 3.8) is 0 Å². The first kappa shape index (κ1) is 25.2. The van der Waals surface area contributed by atoms with E-state index in [-0.39, 0.29) is 18.4 Å². The SMILES string of the molecule is CCOC(=O)/C=C/c1cccc(-c2cnc(Nc3ccc4c(c3)CCC4)nc2-n2ccc(C(F)(F)F)n2)c1. The van der Waals surface area contributed by atoms with Crippen molar-refractivity contribution in [3.8, 4) is 16.9 Å². The number of fused-ring (bicyclic) bond motifs is 1. The number of alkyl halides is 3. The van der Waals surface area contributed by atoms with E-state index in [1.165, 1.54) is 23.4 Å². The Hall–Kier alpha value is -4.47. The monoisotopic (exact) mass is 519 g/mol. The Morgan fingerprint density at radius 2 is 1.97 bits per heavy atom. The second kappa shape index (κ2) is 10.5. The lowest BCUT2D eigenvalue weighted by molar-refractivity contribution is -0.141. The Bertz CT molecular complexity index is 1510. The number of rotatable bonds is 7. The number of carbonyl (C=O) groups is 1. The molecule has 4 aromatic rings. The molecule has 2 heterocycles. The van der Waals surface area contributed by atoms with Crippen LogP contribution < -0.4 is 5.32 Å². The number of nitrogens with one attached hydrogen (secondary N) is 1. The smallest absolute Gasteiger partial charge is 0.435 e. The molecule has 0 unspecified atom stereocenters. The van der Waals surface area contributed by atoms with E-state index in [2.05, 4.69) is 26.4 Å². The Labute approximate surface area is 217 Å². The molecule has 10 heteroatoms. The van der Waals surface area contributed by atoms with Gasteiger partial charge in [-0.15, -0.1) is 0 Å². The minimum absolute atomic E-state index is 0.172. The number of nitrogens with zero attached hydrogens (tertiary/aromatic N) is 4. The highest BCUT2D eigenvalue weighted by Gasteiger charge is 2.34. The van der Waals surface area contributed by atoms with Crippen LogP contribution in [0.5, 0.6) is 0 Å². The maximum Gasteiger partial charge on any atom is 0.435 e. The van der Waals surface area contributed by atoms with Crippen molar-refractivity contribution in [3.05, 3.63) is 89.4 Å². The summed E-state index contributed by atoms with van der Waals surface area (Å²) in [7, 11) is 0. The molecule has 2 aromatic carbocycles. The molecule has 194 valence electrons. The molecule has 1 aliphatic rings. The quantitative estimate of drug-likeness (QED) is 0.233. The number of ether oxygens (including phenoxy) is 1. The number of anilines is 2. The van der Waals surface area contributed by atoms with Crippen LogP contribution in [0.2, 0.25) is 0 Å². The van der Waals surface area contributed by atoms with Crippen LogP contribution in [0.1, 0.15) is 35.7 Å². The van der Waals surface area contributed by atoms with Gasteiger partial charge >= 0.3 is 12.1 Å². The number of benzene rings is 2. The molecule has 0 atom stereocenters. The van der Waals surface area contributed by atoms with Gasteiger partial charge in [-0.1, -0.05) is 24.3 Å².